The molecule has 1 aromatic carbocycles. The summed E-state index contributed by atoms with van der Waals surface area (Å²) < 4.78 is 10.8. The van der Waals surface area contributed by atoms with Crippen molar-refractivity contribution in [1.82, 2.24) is 25.0 Å². The van der Waals surface area contributed by atoms with Crippen LogP contribution in [-0.4, -0.2) is 44.7 Å². The predicted octanol–water partition coefficient (Wildman–Crippen LogP) is 2.52. The van der Waals surface area contributed by atoms with E-state index >= 15 is 0 Å². The van der Waals surface area contributed by atoms with Crippen molar-refractivity contribution >= 4 is 0 Å². The number of aromatic nitrogens is 4. The van der Waals surface area contributed by atoms with Gasteiger partial charge >= 0.3 is 0 Å². The van der Waals surface area contributed by atoms with Gasteiger partial charge in [0, 0.05) is 32.0 Å². The molecule has 128 valence electrons. The predicted molar refractivity (Wildman–Crippen MR) is 91.0 cm³/mol. The van der Waals surface area contributed by atoms with Gasteiger partial charge in [-0.2, -0.15) is 4.98 Å². The van der Waals surface area contributed by atoms with Gasteiger partial charge in [0.25, 0.3) is 0 Å². The maximum absolute atomic E-state index is 5.47. The van der Waals surface area contributed by atoms with E-state index in [1.54, 1.807) is 18.5 Å². The molecule has 0 spiro atoms. The second-order valence-electron chi connectivity index (χ2n) is 6.00. The maximum atomic E-state index is 5.47. The van der Waals surface area contributed by atoms with Crippen molar-refractivity contribution in [2.45, 2.75) is 19.4 Å². The van der Waals surface area contributed by atoms with Gasteiger partial charge in [-0.3, -0.25) is 4.90 Å². The van der Waals surface area contributed by atoms with Gasteiger partial charge in [0.1, 0.15) is 5.75 Å². The first-order valence-corrected chi connectivity index (χ1v) is 8.37. The van der Waals surface area contributed by atoms with Crippen LogP contribution in [0.25, 0.3) is 11.6 Å². The number of benzene rings is 1. The van der Waals surface area contributed by atoms with Crippen molar-refractivity contribution in [1.29, 1.82) is 0 Å². The van der Waals surface area contributed by atoms with E-state index < -0.39 is 0 Å². The van der Waals surface area contributed by atoms with Gasteiger partial charge in [0.2, 0.25) is 17.5 Å². The van der Waals surface area contributed by atoms with Crippen molar-refractivity contribution in [3.8, 4) is 17.4 Å². The van der Waals surface area contributed by atoms with Crippen molar-refractivity contribution in [2.24, 2.45) is 0 Å². The van der Waals surface area contributed by atoms with E-state index in [2.05, 4.69) is 37.1 Å². The molecule has 0 atom stereocenters. The zero-order valence-corrected chi connectivity index (χ0v) is 14.0. The molecule has 1 fully saturated rings. The monoisotopic (exact) mass is 337 g/mol. The first-order chi connectivity index (χ1) is 12.3. The van der Waals surface area contributed by atoms with Gasteiger partial charge < -0.3 is 9.26 Å². The van der Waals surface area contributed by atoms with E-state index in [1.807, 2.05) is 19.1 Å². The molecule has 7 heteroatoms. The smallest absolute Gasteiger partial charge is 0.240 e. The quantitative estimate of drug-likeness (QED) is 0.684. The third-order valence-corrected chi connectivity index (χ3v) is 4.15. The van der Waals surface area contributed by atoms with Crippen LogP contribution in [0.4, 0.5) is 0 Å². The van der Waals surface area contributed by atoms with Crippen LogP contribution in [0.5, 0.6) is 5.75 Å². The van der Waals surface area contributed by atoms with Crippen LogP contribution >= 0.6 is 0 Å². The molecule has 0 bridgehead atoms. The van der Waals surface area contributed by atoms with Crippen LogP contribution in [0.1, 0.15) is 24.3 Å². The Hall–Kier alpha value is -2.80. The molecule has 3 aromatic rings. The maximum Gasteiger partial charge on any atom is 0.240 e. The number of ether oxygens (including phenoxy) is 1. The second-order valence-corrected chi connectivity index (χ2v) is 6.00. The van der Waals surface area contributed by atoms with Gasteiger partial charge in [-0.1, -0.05) is 17.3 Å². The molecule has 0 N–H and O–H groups in total. The molecule has 1 saturated heterocycles. The number of hydrogen-bond acceptors (Lipinski definition) is 7. The summed E-state index contributed by atoms with van der Waals surface area (Å²) in [5, 5.41) is 3.98. The molecule has 0 radical (unpaired) electrons. The molecular formula is C18H19N5O2. The van der Waals surface area contributed by atoms with E-state index in [0.717, 1.165) is 25.4 Å². The highest BCUT2D eigenvalue weighted by Gasteiger charge is 2.32. The van der Waals surface area contributed by atoms with E-state index in [4.69, 9.17) is 9.26 Å². The van der Waals surface area contributed by atoms with Gasteiger partial charge in [-0.15, -0.1) is 0 Å². The summed E-state index contributed by atoms with van der Waals surface area (Å²) in [5.74, 6) is 2.77. The molecule has 0 unspecified atom stereocenters. The van der Waals surface area contributed by atoms with Gasteiger partial charge in [-0.05, 0) is 30.7 Å². The van der Waals surface area contributed by atoms with Gasteiger partial charge in [0.15, 0.2) is 0 Å². The van der Waals surface area contributed by atoms with Crippen molar-refractivity contribution in [3.05, 3.63) is 54.2 Å². The number of hydrogen-bond donors (Lipinski definition) is 0. The Kier molecular flexibility index (Phi) is 4.39. The molecule has 2 aromatic heterocycles. The minimum Gasteiger partial charge on any atom is -0.494 e. The molecule has 3 heterocycles. The molecule has 1 aliphatic rings. The van der Waals surface area contributed by atoms with E-state index in [9.17, 15) is 0 Å². The lowest BCUT2D eigenvalue weighted by atomic mass is 9.99. The molecule has 0 amide bonds. The third-order valence-electron chi connectivity index (χ3n) is 4.15. The lowest BCUT2D eigenvalue weighted by Crippen LogP contribution is -2.44. The first kappa shape index (κ1) is 15.7. The normalized spacial score (nSPS) is 15.1. The summed E-state index contributed by atoms with van der Waals surface area (Å²) >= 11 is 0. The summed E-state index contributed by atoms with van der Waals surface area (Å²) in [4.78, 5) is 15.1. The summed E-state index contributed by atoms with van der Waals surface area (Å²) in [6.45, 7) is 5.40. The standard InChI is InChI=1S/C18H19N5O2/c1-2-24-15-6-4-13(5-7-15)10-23-11-14(12-23)18-21-17(22-25-18)16-19-8-3-9-20-16/h3-9,14H,2,10-12H2,1H3. The van der Waals surface area contributed by atoms with E-state index in [0.29, 0.717) is 24.1 Å². The Labute approximate surface area is 145 Å². The topological polar surface area (TPSA) is 77.2 Å². The minimum absolute atomic E-state index is 0.271. The Morgan fingerprint density at radius 2 is 1.88 bits per heavy atom. The fraction of sp³-hybridized carbons (Fsp3) is 0.333. The highest BCUT2D eigenvalue weighted by Crippen LogP contribution is 2.28. The summed E-state index contributed by atoms with van der Waals surface area (Å²) in [6.07, 6.45) is 3.33. The van der Waals surface area contributed by atoms with E-state index in [1.165, 1.54) is 5.56 Å². The average Bonchev–Trinajstić information content (AvgIpc) is 3.10. The van der Waals surface area contributed by atoms with Gasteiger partial charge in [-0.25, -0.2) is 9.97 Å². The second kappa shape index (κ2) is 6.98. The fourth-order valence-electron chi connectivity index (χ4n) is 2.88. The first-order valence-electron chi connectivity index (χ1n) is 8.37. The largest absolute Gasteiger partial charge is 0.494 e. The highest BCUT2D eigenvalue weighted by atomic mass is 16.5. The Morgan fingerprint density at radius 3 is 2.60 bits per heavy atom. The van der Waals surface area contributed by atoms with Crippen LogP contribution in [0, 0.1) is 0 Å². The van der Waals surface area contributed by atoms with Crippen LogP contribution in [0.2, 0.25) is 0 Å². The summed E-state index contributed by atoms with van der Waals surface area (Å²) in [6, 6.07) is 10.0. The number of rotatable bonds is 6. The van der Waals surface area contributed by atoms with Gasteiger partial charge in [0.05, 0.1) is 12.5 Å². The number of likely N-dealkylation sites (tertiary alicyclic amines) is 1. The molecule has 4 rings (SSSR count). The zero-order chi connectivity index (χ0) is 17.1. The van der Waals surface area contributed by atoms with Crippen molar-refractivity contribution in [2.75, 3.05) is 19.7 Å². The van der Waals surface area contributed by atoms with Crippen LogP contribution in [-0.2, 0) is 6.54 Å². The minimum atomic E-state index is 0.271. The molecule has 25 heavy (non-hydrogen) atoms. The third kappa shape index (κ3) is 3.51. The number of nitrogens with zero attached hydrogens (tertiary/aromatic N) is 5. The van der Waals surface area contributed by atoms with Crippen LogP contribution in [0.15, 0.2) is 47.2 Å². The summed E-state index contributed by atoms with van der Waals surface area (Å²) in [5.41, 5.74) is 1.27. The Morgan fingerprint density at radius 1 is 1.12 bits per heavy atom. The summed E-state index contributed by atoms with van der Waals surface area (Å²) in [7, 11) is 0. The lowest BCUT2D eigenvalue weighted by Gasteiger charge is -2.37. The molecule has 0 saturated carbocycles. The highest BCUT2D eigenvalue weighted by molar-refractivity contribution is 5.40. The zero-order valence-electron chi connectivity index (χ0n) is 14.0. The fourth-order valence-corrected chi connectivity index (χ4v) is 2.88. The van der Waals surface area contributed by atoms with Crippen LogP contribution in [0.3, 0.4) is 0 Å². The van der Waals surface area contributed by atoms with E-state index in [-0.39, 0.29) is 5.92 Å². The van der Waals surface area contributed by atoms with Crippen molar-refractivity contribution in [3.63, 3.8) is 0 Å². The Bertz CT molecular complexity index is 813. The molecular weight excluding hydrogens is 318 g/mol. The molecule has 1 aliphatic heterocycles. The average molecular weight is 337 g/mol. The molecule has 0 aliphatic carbocycles. The lowest BCUT2D eigenvalue weighted by molar-refractivity contribution is 0.117. The van der Waals surface area contributed by atoms with Crippen LogP contribution < -0.4 is 4.74 Å². The SMILES string of the molecule is CCOc1ccc(CN2CC(c3nc(-c4ncccn4)no3)C2)cc1. The van der Waals surface area contributed by atoms with Crippen molar-refractivity contribution < 1.29 is 9.26 Å². The molecule has 7 nitrogen and oxygen atoms in total. The Balaban J connectivity index is 1.32.